The first-order valence-electron chi connectivity index (χ1n) is 12.5. The van der Waals surface area contributed by atoms with Gasteiger partial charge in [0.25, 0.3) is 0 Å². The van der Waals surface area contributed by atoms with Gasteiger partial charge in [-0.1, -0.05) is 119 Å². The molecule has 6 aromatic rings. The Morgan fingerprint density at radius 2 is 0.875 bits per heavy atom. The quantitative estimate of drug-likeness (QED) is 0.177. The van der Waals surface area contributed by atoms with E-state index in [0.29, 0.717) is 20.1 Å². The number of hydrogen-bond donors (Lipinski definition) is 0. The molecule has 40 heavy (non-hydrogen) atoms. The molecule has 0 aromatic heterocycles. The van der Waals surface area contributed by atoms with E-state index in [2.05, 4.69) is 36.4 Å². The van der Waals surface area contributed by atoms with Crippen LogP contribution in [0, 0.1) is 0 Å². The van der Waals surface area contributed by atoms with Gasteiger partial charge in [0, 0.05) is 44.7 Å². The average Bonchev–Trinajstić information content (AvgIpc) is 2.96. The molecule has 0 aliphatic heterocycles. The highest BCUT2D eigenvalue weighted by atomic mass is 35.5. The van der Waals surface area contributed by atoms with E-state index < -0.39 is 0 Å². The van der Waals surface area contributed by atoms with Crippen LogP contribution in [0.1, 0.15) is 11.1 Å². The predicted octanol–water partition coefficient (Wildman–Crippen LogP) is 11.8. The maximum absolute atomic E-state index is 6.46. The van der Waals surface area contributed by atoms with E-state index in [1.54, 1.807) is 36.7 Å². The molecule has 0 radical (unpaired) electrons. The topological polar surface area (TPSA) is 24.7 Å². The molecular formula is C34H20Cl4N2. The molecule has 0 heterocycles. The number of benzene rings is 6. The third kappa shape index (κ3) is 5.37. The van der Waals surface area contributed by atoms with Crippen molar-refractivity contribution < 1.29 is 0 Å². The Morgan fingerprint density at radius 3 is 1.30 bits per heavy atom. The van der Waals surface area contributed by atoms with Crippen molar-refractivity contribution in [1.82, 2.24) is 0 Å². The van der Waals surface area contributed by atoms with Crippen molar-refractivity contribution in [3.63, 3.8) is 0 Å². The van der Waals surface area contributed by atoms with Crippen molar-refractivity contribution in [2.75, 3.05) is 0 Å². The van der Waals surface area contributed by atoms with Crippen LogP contribution >= 0.6 is 46.4 Å². The van der Waals surface area contributed by atoms with E-state index in [1.807, 2.05) is 48.5 Å². The van der Waals surface area contributed by atoms with Crippen molar-refractivity contribution in [3.05, 3.63) is 140 Å². The van der Waals surface area contributed by atoms with Crippen LogP contribution in [-0.2, 0) is 0 Å². The highest BCUT2D eigenvalue weighted by molar-refractivity contribution is 6.37. The largest absolute Gasteiger partial charge is 0.256 e. The summed E-state index contributed by atoms with van der Waals surface area (Å²) in [6.07, 6.45) is 3.54. The van der Waals surface area contributed by atoms with Crippen LogP contribution in [0.2, 0.25) is 20.1 Å². The summed E-state index contributed by atoms with van der Waals surface area (Å²) in [7, 11) is 0. The summed E-state index contributed by atoms with van der Waals surface area (Å²) in [6, 6.07) is 35.6. The summed E-state index contributed by atoms with van der Waals surface area (Å²) in [5, 5.41) is 6.56. The molecular weight excluding hydrogens is 578 g/mol. The lowest BCUT2D eigenvalue weighted by Gasteiger charge is -2.16. The van der Waals surface area contributed by atoms with Gasteiger partial charge in [-0.05, 0) is 57.9 Å². The first kappa shape index (κ1) is 26.6. The fourth-order valence-corrected chi connectivity index (χ4v) is 5.67. The SMILES string of the molecule is Clc1ccc(C=Nc2ccc3ccccc3c2-c2c(N=Cc3ccc(Cl)cc3Cl)ccc3ccccc23)c(Cl)c1. The predicted molar refractivity (Wildman–Crippen MR) is 174 cm³/mol. The lowest BCUT2D eigenvalue weighted by Crippen LogP contribution is -1.89. The summed E-state index contributed by atoms with van der Waals surface area (Å²) < 4.78 is 0. The molecule has 0 fully saturated rings. The minimum absolute atomic E-state index is 0.536. The monoisotopic (exact) mass is 596 g/mol. The van der Waals surface area contributed by atoms with Gasteiger partial charge in [-0.3, -0.25) is 9.98 Å². The van der Waals surface area contributed by atoms with E-state index in [4.69, 9.17) is 56.4 Å². The van der Waals surface area contributed by atoms with Gasteiger partial charge in [-0.2, -0.15) is 0 Å². The minimum atomic E-state index is 0.536. The zero-order valence-corrected chi connectivity index (χ0v) is 24.0. The van der Waals surface area contributed by atoms with Crippen LogP contribution in [0.3, 0.4) is 0 Å². The molecule has 6 aromatic carbocycles. The summed E-state index contributed by atoms with van der Waals surface area (Å²) in [5.74, 6) is 0. The van der Waals surface area contributed by atoms with Gasteiger partial charge in [0.15, 0.2) is 0 Å². The van der Waals surface area contributed by atoms with Crippen LogP contribution < -0.4 is 0 Å². The van der Waals surface area contributed by atoms with E-state index >= 15 is 0 Å². The van der Waals surface area contributed by atoms with E-state index in [9.17, 15) is 0 Å². The third-order valence-electron chi connectivity index (χ3n) is 6.67. The molecule has 0 aliphatic carbocycles. The van der Waals surface area contributed by atoms with Crippen molar-refractivity contribution in [1.29, 1.82) is 0 Å². The summed E-state index contributed by atoms with van der Waals surface area (Å²) in [4.78, 5) is 9.89. The van der Waals surface area contributed by atoms with E-state index in [-0.39, 0.29) is 0 Å². The molecule has 0 amide bonds. The summed E-state index contributed by atoms with van der Waals surface area (Å²) in [6.45, 7) is 0. The molecule has 0 unspecified atom stereocenters. The fraction of sp³-hybridized carbons (Fsp3) is 0. The van der Waals surface area contributed by atoms with Crippen LogP contribution in [0.15, 0.2) is 119 Å². The van der Waals surface area contributed by atoms with Crippen molar-refractivity contribution in [2.24, 2.45) is 9.98 Å². The van der Waals surface area contributed by atoms with Gasteiger partial charge in [0.2, 0.25) is 0 Å². The Balaban J connectivity index is 1.61. The minimum Gasteiger partial charge on any atom is -0.256 e. The number of halogens is 4. The Morgan fingerprint density at radius 1 is 0.450 bits per heavy atom. The molecule has 6 heteroatoms. The van der Waals surface area contributed by atoms with Crippen LogP contribution in [0.25, 0.3) is 32.7 Å². The number of rotatable bonds is 5. The Labute approximate surface area is 252 Å². The lowest BCUT2D eigenvalue weighted by atomic mass is 9.91. The Kier molecular flexibility index (Phi) is 7.60. The molecule has 0 atom stereocenters. The highest BCUT2D eigenvalue weighted by Crippen LogP contribution is 2.45. The zero-order chi connectivity index (χ0) is 27.6. The van der Waals surface area contributed by atoms with Gasteiger partial charge in [0.1, 0.15) is 0 Å². The third-order valence-corrected chi connectivity index (χ3v) is 7.80. The first-order valence-corrected chi connectivity index (χ1v) is 14.0. The molecule has 0 aliphatic rings. The van der Waals surface area contributed by atoms with Crippen molar-refractivity contribution in [3.8, 4) is 11.1 Å². The second-order valence-electron chi connectivity index (χ2n) is 9.21. The van der Waals surface area contributed by atoms with Gasteiger partial charge in [0.05, 0.1) is 21.4 Å². The van der Waals surface area contributed by atoms with Crippen LogP contribution in [-0.4, -0.2) is 12.4 Å². The normalized spacial score (nSPS) is 11.8. The number of nitrogens with zero attached hydrogens (tertiary/aromatic N) is 2. The maximum Gasteiger partial charge on any atom is 0.0715 e. The summed E-state index contributed by atoms with van der Waals surface area (Å²) in [5.41, 5.74) is 5.10. The van der Waals surface area contributed by atoms with E-state index in [1.165, 1.54) is 0 Å². The first-order chi connectivity index (χ1) is 19.5. The second-order valence-corrected chi connectivity index (χ2v) is 10.9. The molecule has 6 rings (SSSR count). The van der Waals surface area contributed by atoms with Crippen molar-refractivity contribution in [2.45, 2.75) is 0 Å². The molecule has 0 N–H and O–H groups in total. The van der Waals surface area contributed by atoms with Gasteiger partial charge >= 0.3 is 0 Å². The van der Waals surface area contributed by atoms with Gasteiger partial charge in [-0.15, -0.1) is 0 Å². The van der Waals surface area contributed by atoms with Crippen molar-refractivity contribution >= 4 is 91.8 Å². The molecule has 2 nitrogen and oxygen atoms in total. The molecule has 0 saturated heterocycles. The number of fused-ring (bicyclic) bond motifs is 2. The summed E-state index contributed by atoms with van der Waals surface area (Å²) >= 11 is 25.1. The standard InChI is InChI=1S/C34H20Cl4N2/c35-25-13-9-23(29(37)17-25)19-39-31-15-11-21-5-1-3-7-27(21)33(31)34-28-8-4-2-6-22(28)12-16-32(34)40-20-24-10-14-26(36)18-30(24)38/h1-20H. The lowest BCUT2D eigenvalue weighted by molar-refractivity contribution is 1.51. The zero-order valence-electron chi connectivity index (χ0n) is 21.0. The Bertz CT molecular complexity index is 1820. The molecule has 0 bridgehead atoms. The van der Waals surface area contributed by atoms with Gasteiger partial charge < -0.3 is 0 Å². The smallest absolute Gasteiger partial charge is 0.0715 e. The average molecular weight is 598 g/mol. The van der Waals surface area contributed by atoms with E-state index in [0.717, 1.165) is 55.2 Å². The van der Waals surface area contributed by atoms with Gasteiger partial charge in [-0.25, -0.2) is 0 Å². The highest BCUT2D eigenvalue weighted by Gasteiger charge is 2.17. The number of aliphatic imine (C=N–C) groups is 2. The fourth-order valence-electron chi connectivity index (χ4n) is 4.75. The second kappa shape index (κ2) is 11.4. The maximum atomic E-state index is 6.46. The number of hydrogen-bond acceptors (Lipinski definition) is 2. The molecule has 0 saturated carbocycles. The van der Waals surface area contributed by atoms with Crippen LogP contribution in [0.5, 0.6) is 0 Å². The molecule has 194 valence electrons. The van der Waals surface area contributed by atoms with Crippen LogP contribution in [0.4, 0.5) is 11.4 Å². The Hall–Kier alpha value is -3.66. The molecule has 0 spiro atoms.